The van der Waals surface area contributed by atoms with Crippen LogP contribution in [-0.4, -0.2) is 19.9 Å². The Morgan fingerprint density at radius 3 is 1.13 bits per heavy atom. The molecular weight excluding hydrogens is 633 g/mol. The van der Waals surface area contributed by atoms with Gasteiger partial charge in [-0.2, -0.15) is 0 Å². The molecule has 0 aliphatic heterocycles. The van der Waals surface area contributed by atoms with Gasteiger partial charge >= 0.3 is 0 Å². The Kier molecular flexibility index (Phi) is 8.16. The van der Waals surface area contributed by atoms with E-state index in [4.69, 9.17) is 19.9 Å². The molecule has 0 bridgehead atoms. The standard InChI is InChI=1S/C48H32N4/c1-4-12-33(13-5-1)36-20-24-38(25-21-36)46-50-47(39-26-22-37(23-27-39)34-14-6-2-7-15-34)52-48(51-46)43-30-41(35-16-8-3-9-17-35)29-42(31-43)44-28-40-18-10-11-19-45(40)49-32-44/h1-32H. The lowest BCUT2D eigenvalue weighted by atomic mass is 9.96. The molecule has 7 aromatic carbocycles. The van der Waals surface area contributed by atoms with Gasteiger partial charge < -0.3 is 0 Å². The van der Waals surface area contributed by atoms with Gasteiger partial charge in [-0.25, -0.2) is 15.0 Å². The summed E-state index contributed by atoms with van der Waals surface area (Å²) in [5, 5.41) is 1.09. The van der Waals surface area contributed by atoms with E-state index in [2.05, 4.69) is 152 Å². The summed E-state index contributed by atoms with van der Waals surface area (Å²) in [5.74, 6) is 1.84. The number of nitrogens with zero attached hydrogens (tertiary/aromatic N) is 4. The normalized spacial score (nSPS) is 11.1. The summed E-state index contributed by atoms with van der Waals surface area (Å²) in [5.41, 5.74) is 12.6. The van der Waals surface area contributed by atoms with Gasteiger partial charge in [-0.05, 0) is 69.3 Å². The second-order valence-corrected chi connectivity index (χ2v) is 12.8. The first-order valence-corrected chi connectivity index (χ1v) is 17.4. The fraction of sp³-hybridized carbons (Fsp3) is 0. The molecule has 4 heteroatoms. The largest absolute Gasteiger partial charge is 0.256 e. The molecular formula is C48H32N4. The van der Waals surface area contributed by atoms with Gasteiger partial charge in [-0.1, -0.05) is 158 Å². The van der Waals surface area contributed by atoms with Crippen molar-refractivity contribution < 1.29 is 0 Å². The van der Waals surface area contributed by atoms with Crippen LogP contribution in [0.25, 0.3) is 89.6 Å². The molecule has 2 heterocycles. The lowest BCUT2D eigenvalue weighted by molar-refractivity contribution is 1.07. The maximum atomic E-state index is 5.15. The Bertz CT molecular complexity index is 2540. The molecule has 0 saturated heterocycles. The molecule has 0 saturated carbocycles. The average Bonchev–Trinajstić information content (AvgIpc) is 3.24. The van der Waals surface area contributed by atoms with Gasteiger partial charge in [0.15, 0.2) is 17.5 Å². The predicted octanol–water partition coefficient (Wildman–Crippen LogP) is 12.1. The number of pyridine rings is 1. The molecule has 0 unspecified atom stereocenters. The highest BCUT2D eigenvalue weighted by molar-refractivity contribution is 5.86. The van der Waals surface area contributed by atoms with E-state index >= 15 is 0 Å². The number of hydrogen-bond donors (Lipinski definition) is 0. The highest BCUT2D eigenvalue weighted by Crippen LogP contribution is 2.34. The van der Waals surface area contributed by atoms with Gasteiger partial charge in [0, 0.05) is 33.8 Å². The molecule has 244 valence electrons. The number of para-hydroxylation sites is 1. The van der Waals surface area contributed by atoms with Crippen molar-refractivity contribution in [2.45, 2.75) is 0 Å². The minimum atomic E-state index is 0.604. The molecule has 0 amide bonds. The Morgan fingerprint density at radius 1 is 0.250 bits per heavy atom. The van der Waals surface area contributed by atoms with Gasteiger partial charge in [0.1, 0.15) is 0 Å². The lowest BCUT2D eigenvalue weighted by Crippen LogP contribution is -2.01. The van der Waals surface area contributed by atoms with Crippen molar-refractivity contribution in [2.24, 2.45) is 0 Å². The van der Waals surface area contributed by atoms with Crippen molar-refractivity contribution in [1.82, 2.24) is 19.9 Å². The Hall–Kier alpha value is -7.04. The van der Waals surface area contributed by atoms with Crippen molar-refractivity contribution >= 4 is 10.9 Å². The van der Waals surface area contributed by atoms with E-state index in [1.165, 1.54) is 0 Å². The summed E-state index contributed by atoms with van der Waals surface area (Å²) in [7, 11) is 0. The predicted molar refractivity (Wildman–Crippen MR) is 213 cm³/mol. The van der Waals surface area contributed by atoms with Crippen molar-refractivity contribution in [3.05, 3.63) is 194 Å². The molecule has 0 fully saturated rings. The number of fused-ring (bicyclic) bond motifs is 1. The number of rotatable bonds is 7. The van der Waals surface area contributed by atoms with Crippen LogP contribution in [0.15, 0.2) is 194 Å². The maximum Gasteiger partial charge on any atom is 0.164 e. The van der Waals surface area contributed by atoms with Crippen molar-refractivity contribution in [3.8, 4) is 78.7 Å². The number of aromatic nitrogens is 4. The van der Waals surface area contributed by atoms with Crippen LogP contribution in [0.2, 0.25) is 0 Å². The minimum absolute atomic E-state index is 0.604. The van der Waals surface area contributed by atoms with E-state index in [0.29, 0.717) is 17.5 Å². The first-order chi connectivity index (χ1) is 25.7. The fourth-order valence-electron chi connectivity index (χ4n) is 6.60. The van der Waals surface area contributed by atoms with E-state index in [-0.39, 0.29) is 0 Å². The van der Waals surface area contributed by atoms with Crippen LogP contribution in [0.1, 0.15) is 0 Å². The van der Waals surface area contributed by atoms with Gasteiger partial charge in [-0.3, -0.25) is 4.98 Å². The van der Waals surface area contributed by atoms with Gasteiger partial charge in [0.05, 0.1) is 5.52 Å². The molecule has 0 spiro atoms. The number of benzene rings is 7. The van der Waals surface area contributed by atoms with E-state index in [1.54, 1.807) is 0 Å². The van der Waals surface area contributed by atoms with Crippen LogP contribution < -0.4 is 0 Å². The Balaban J connectivity index is 1.20. The fourth-order valence-corrected chi connectivity index (χ4v) is 6.60. The van der Waals surface area contributed by atoms with Crippen LogP contribution in [0.5, 0.6) is 0 Å². The van der Waals surface area contributed by atoms with Gasteiger partial charge in [-0.15, -0.1) is 0 Å². The molecule has 0 atom stereocenters. The average molecular weight is 665 g/mol. The van der Waals surface area contributed by atoms with Crippen LogP contribution in [0.4, 0.5) is 0 Å². The van der Waals surface area contributed by atoms with Crippen molar-refractivity contribution in [3.63, 3.8) is 0 Å². The van der Waals surface area contributed by atoms with E-state index in [9.17, 15) is 0 Å². The zero-order chi connectivity index (χ0) is 34.7. The van der Waals surface area contributed by atoms with Crippen LogP contribution >= 0.6 is 0 Å². The second-order valence-electron chi connectivity index (χ2n) is 12.8. The second kappa shape index (κ2) is 13.7. The molecule has 9 aromatic rings. The lowest BCUT2D eigenvalue weighted by Gasteiger charge is -2.13. The van der Waals surface area contributed by atoms with Crippen LogP contribution in [0, 0.1) is 0 Å². The first kappa shape index (κ1) is 31.0. The number of hydrogen-bond acceptors (Lipinski definition) is 4. The molecule has 2 aromatic heterocycles. The summed E-state index contributed by atoms with van der Waals surface area (Å²) >= 11 is 0. The maximum absolute atomic E-state index is 5.15. The summed E-state index contributed by atoms with van der Waals surface area (Å²) in [6, 6.07) is 65.1. The molecule has 0 aliphatic rings. The molecule has 52 heavy (non-hydrogen) atoms. The van der Waals surface area contributed by atoms with Gasteiger partial charge in [0.2, 0.25) is 0 Å². The highest BCUT2D eigenvalue weighted by Gasteiger charge is 2.16. The first-order valence-electron chi connectivity index (χ1n) is 17.4. The summed E-state index contributed by atoms with van der Waals surface area (Å²) in [6.07, 6.45) is 1.95. The van der Waals surface area contributed by atoms with Crippen LogP contribution in [0.3, 0.4) is 0 Å². The van der Waals surface area contributed by atoms with Crippen LogP contribution in [-0.2, 0) is 0 Å². The third-order valence-corrected chi connectivity index (χ3v) is 9.36. The molecule has 0 radical (unpaired) electrons. The molecule has 0 aliphatic carbocycles. The Labute approximate surface area is 302 Å². The van der Waals surface area contributed by atoms with Crippen molar-refractivity contribution in [1.29, 1.82) is 0 Å². The Morgan fingerprint density at radius 2 is 0.615 bits per heavy atom. The quantitative estimate of drug-likeness (QED) is 0.170. The summed E-state index contributed by atoms with van der Waals surface area (Å²) in [4.78, 5) is 20.2. The molecule has 9 rings (SSSR count). The monoisotopic (exact) mass is 664 g/mol. The van der Waals surface area contributed by atoms with Gasteiger partial charge in [0.25, 0.3) is 0 Å². The summed E-state index contributed by atoms with van der Waals surface area (Å²) in [6.45, 7) is 0. The van der Waals surface area contributed by atoms with E-state index in [0.717, 1.165) is 72.1 Å². The minimum Gasteiger partial charge on any atom is -0.256 e. The zero-order valence-electron chi connectivity index (χ0n) is 28.3. The third kappa shape index (κ3) is 6.37. The topological polar surface area (TPSA) is 51.6 Å². The molecule has 0 N–H and O–H groups in total. The van der Waals surface area contributed by atoms with E-state index < -0.39 is 0 Å². The summed E-state index contributed by atoms with van der Waals surface area (Å²) < 4.78 is 0. The van der Waals surface area contributed by atoms with E-state index in [1.807, 2.05) is 42.6 Å². The zero-order valence-corrected chi connectivity index (χ0v) is 28.3. The smallest absolute Gasteiger partial charge is 0.164 e. The SMILES string of the molecule is c1ccc(-c2ccc(-c3nc(-c4ccc(-c5ccccc5)cc4)nc(-c4cc(-c5ccccc5)cc(-c5cnc6ccccc6c5)c4)n3)cc2)cc1. The third-order valence-electron chi connectivity index (χ3n) is 9.36. The van der Waals surface area contributed by atoms with Crippen molar-refractivity contribution in [2.75, 3.05) is 0 Å². The highest BCUT2D eigenvalue weighted by atomic mass is 15.0. The molecule has 4 nitrogen and oxygen atoms in total.